The highest BCUT2D eigenvalue weighted by Gasteiger charge is 2.21. The van der Waals surface area contributed by atoms with Crippen LogP contribution >= 0.6 is 22.9 Å². The number of carbonyl (C=O) groups excluding carboxylic acids is 1. The van der Waals surface area contributed by atoms with E-state index in [2.05, 4.69) is 10.6 Å². The molecule has 0 aliphatic rings. The summed E-state index contributed by atoms with van der Waals surface area (Å²) in [5.74, 6) is -1.12. The maximum atomic E-state index is 11.8. The largest absolute Gasteiger partial charge is 0.479 e. The molecule has 3 N–H and O–H groups in total. The first-order valence-electron chi connectivity index (χ1n) is 6.12. The molecular formula is C14H13ClN2O3S. The van der Waals surface area contributed by atoms with Gasteiger partial charge >= 0.3 is 12.0 Å². The Bertz CT molecular complexity index is 630. The van der Waals surface area contributed by atoms with E-state index < -0.39 is 18.0 Å². The Hall–Kier alpha value is -2.05. The van der Waals surface area contributed by atoms with Gasteiger partial charge in [0.1, 0.15) is 0 Å². The predicted molar refractivity (Wildman–Crippen MR) is 81.5 cm³/mol. The number of carbonyl (C=O) groups is 2. The molecule has 1 heterocycles. The van der Waals surface area contributed by atoms with Crippen molar-refractivity contribution >= 4 is 34.9 Å². The summed E-state index contributed by atoms with van der Waals surface area (Å²) in [5.41, 5.74) is 0.513. The summed E-state index contributed by atoms with van der Waals surface area (Å²) in [6.45, 7) is 0.296. The summed E-state index contributed by atoms with van der Waals surface area (Å²) in [6, 6.07) is 10.4. The Morgan fingerprint density at radius 2 is 1.90 bits per heavy atom. The second-order valence-corrected chi connectivity index (χ2v) is 6.01. The molecule has 2 aromatic rings. The minimum atomic E-state index is -1.12. The smallest absolute Gasteiger partial charge is 0.330 e. The van der Waals surface area contributed by atoms with E-state index in [0.29, 0.717) is 16.4 Å². The number of rotatable bonds is 5. The van der Waals surface area contributed by atoms with Gasteiger partial charge in [-0.25, -0.2) is 9.59 Å². The van der Waals surface area contributed by atoms with Crippen LogP contribution in [0.4, 0.5) is 4.79 Å². The second kappa shape index (κ2) is 7.10. The second-order valence-electron chi connectivity index (χ2n) is 4.21. The molecule has 0 saturated carbocycles. The molecule has 0 fully saturated rings. The molecule has 0 spiro atoms. The monoisotopic (exact) mass is 324 g/mol. The van der Waals surface area contributed by atoms with Crippen LogP contribution in [0.2, 0.25) is 4.34 Å². The topological polar surface area (TPSA) is 78.4 Å². The summed E-state index contributed by atoms with van der Waals surface area (Å²) >= 11 is 7.15. The quantitative estimate of drug-likeness (QED) is 0.791. The maximum Gasteiger partial charge on any atom is 0.330 e. The fraction of sp³-hybridized carbons (Fsp3) is 0.143. The minimum absolute atomic E-state index is 0.296. The number of halogens is 1. The number of aliphatic carboxylic acids is 1. The molecule has 1 aromatic carbocycles. The summed E-state index contributed by atoms with van der Waals surface area (Å²) < 4.78 is 0.639. The lowest BCUT2D eigenvalue weighted by atomic mass is 10.1. The van der Waals surface area contributed by atoms with Crippen molar-refractivity contribution in [2.75, 3.05) is 0 Å². The third kappa shape index (κ3) is 4.47. The van der Waals surface area contributed by atoms with Crippen LogP contribution < -0.4 is 10.6 Å². The number of amides is 2. The van der Waals surface area contributed by atoms with Crippen molar-refractivity contribution in [2.24, 2.45) is 0 Å². The van der Waals surface area contributed by atoms with Crippen LogP contribution in [-0.2, 0) is 11.3 Å². The molecular weight excluding hydrogens is 312 g/mol. The maximum absolute atomic E-state index is 11.8. The number of thiophene rings is 1. The molecule has 21 heavy (non-hydrogen) atoms. The third-order valence-electron chi connectivity index (χ3n) is 2.71. The Labute approximate surface area is 130 Å². The third-order valence-corrected chi connectivity index (χ3v) is 3.94. The van der Waals surface area contributed by atoms with Crippen molar-refractivity contribution in [3.63, 3.8) is 0 Å². The first-order chi connectivity index (χ1) is 10.1. The molecule has 0 unspecified atom stereocenters. The van der Waals surface area contributed by atoms with Crippen molar-refractivity contribution in [2.45, 2.75) is 12.6 Å². The lowest BCUT2D eigenvalue weighted by Gasteiger charge is -2.15. The summed E-state index contributed by atoms with van der Waals surface area (Å²) in [4.78, 5) is 23.9. The number of nitrogens with one attached hydrogen (secondary N) is 2. The fourth-order valence-electron chi connectivity index (χ4n) is 1.73. The van der Waals surface area contributed by atoms with E-state index in [1.165, 1.54) is 11.3 Å². The number of carboxylic acid groups (broad SMARTS) is 1. The van der Waals surface area contributed by atoms with Crippen LogP contribution in [0, 0.1) is 0 Å². The zero-order valence-corrected chi connectivity index (χ0v) is 12.4. The van der Waals surface area contributed by atoms with Crippen LogP contribution in [0.5, 0.6) is 0 Å². The molecule has 7 heteroatoms. The average molecular weight is 325 g/mol. The summed E-state index contributed by atoms with van der Waals surface area (Å²) in [5, 5.41) is 14.2. The average Bonchev–Trinajstić information content (AvgIpc) is 2.89. The van der Waals surface area contributed by atoms with Gasteiger partial charge in [-0.2, -0.15) is 0 Å². The normalized spacial score (nSPS) is 11.7. The molecule has 110 valence electrons. The van der Waals surface area contributed by atoms with Crippen molar-refractivity contribution in [3.05, 3.63) is 57.2 Å². The molecule has 0 saturated heterocycles. The van der Waals surface area contributed by atoms with Crippen molar-refractivity contribution < 1.29 is 14.7 Å². The fourth-order valence-corrected chi connectivity index (χ4v) is 2.76. The van der Waals surface area contributed by atoms with Gasteiger partial charge in [-0.15, -0.1) is 11.3 Å². The molecule has 2 rings (SSSR count). The van der Waals surface area contributed by atoms with Gasteiger partial charge in [0.25, 0.3) is 0 Å². The first-order valence-corrected chi connectivity index (χ1v) is 7.32. The number of hydrogen-bond donors (Lipinski definition) is 3. The van der Waals surface area contributed by atoms with Gasteiger partial charge in [0.05, 0.1) is 10.9 Å². The van der Waals surface area contributed by atoms with Gasteiger partial charge in [0, 0.05) is 4.88 Å². The van der Waals surface area contributed by atoms with Gasteiger partial charge in [-0.1, -0.05) is 41.9 Å². The van der Waals surface area contributed by atoms with Crippen LogP contribution in [-0.4, -0.2) is 17.1 Å². The molecule has 0 aliphatic carbocycles. The highest BCUT2D eigenvalue weighted by Crippen LogP contribution is 2.21. The van der Waals surface area contributed by atoms with E-state index >= 15 is 0 Å². The number of hydrogen-bond acceptors (Lipinski definition) is 3. The van der Waals surface area contributed by atoms with Gasteiger partial charge in [-0.3, -0.25) is 0 Å². The minimum Gasteiger partial charge on any atom is -0.479 e. The van der Waals surface area contributed by atoms with Crippen molar-refractivity contribution in [3.8, 4) is 0 Å². The zero-order valence-electron chi connectivity index (χ0n) is 10.9. The Balaban J connectivity index is 1.94. The molecule has 1 aromatic heterocycles. The molecule has 0 bridgehead atoms. The van der Waals surface area contributed by atoms with E-state index in [-0.39, 0.29) is 0 Å². The van der Waals surface area contributed by atoms with E-state index in [1.807, 2.05) is 0 Å². The van der Waals surface area contributed by atoms with Crippen LogP contribution in [0.3, 0.4) is 0 Å². The number of urea groups is 1. The highest BCUT2D eigenvalue weighted by atomic mass is 35.5. The Morgan fingerprint density at radius 3 is 2.48 bits per heavy atom. The van der Waals surface area contributed by atoms with E-state index in [9.17, 15) is 14.7 Å². The lowest BCUT2D eigenvalue weighted by Crippen LogP contribution is -2.40. The predicted octanol–water partition coefficient (Wildman–Crippen LogP) is 3.03. The highest BCUT2D eigenvalue weighted by molar-refractivity contribution is 7.16. The van der Waals surface area contributed by atoms with Crippen LogP contribution in [0.1, 0.15) is 16.5 Å². The summed E-state index contributed by atoms with van der Waals surface area (Å²) in [6.07, 6.45) is 0. The SMILES string of the molecule is O=C(NCc1ccc(Cl)s1)N[C@@H](C(=O)O)c1ccccc1. The van der Waals surface area contributed by atoms with Gasteiger partial charge in [0.15, 0.2) is 6.04 Å². The van der Waals surface area contributed by atoms with Crippen LogP contribution in [0.25, 0.3) is 0 Å². The lowest BCUT2D eigenvalue weighted by molar-refractivity contribution is -0.139. The molecule has 0 radical (unpaired) electrons. The zero-order chi connectivity index (χ0) is 15.2. The number of carboxylic acids is 1. The van der Waals surface area contributed by atoms with Crippen LogP contribution in [0.15, 0.2) is 42.5 Å². The van der Waals surface area contributed by atoms with E-state index in [4.69, 9.17) is 11.6 Å². The molecule has 5 nitrogen and oxygen atoms in total. The first kappa shape index (κ1) is 15.3. The van der Waals surface area contributed by atoms with E-state index in [1.54, 1.807) is 42.5 Å². The van der Waals surface area contributed by atoms with Crippen molar-refractivity contribution in [1.82, 2.24) is 10.6 Å². The molecule has 2 amide bonds. The summed E-state index contributed by atoms with van der Waals surface area (Å²) in [7, 11) is 0. The van der Waals surface area contributed by atoms with Crippen molar-refractivity contribution in [1.29, 1.82) is 0 Å². The molecule has 0 aliphatic heterocycles. The van der Waals surface area contributed by atoms with Gasteiger partial charge in [0.2, 0.25) is 0 Å². The standard InChI is InChI=1S/C14H13ClN2O3S/c15-11-7-6-10(21-11)8-16-14(20)17-12(13(18)19)9-4-2-1-3-5-9/h1-7,12H,8H2,(H,18,19)(H2,16,17,20)/t12-/m1/s1. The Morgan fingerprint density at radius 1 is 1.19 bits per heavy atom. The number of benzene rings is 1. The van der Waals surface area contributed by atoms with E-state index in [0.717, 1.165) is 4.88 Å². The Kier molecular flexibility index (Phi) is 5.19. The molecule has 1 atom stereocenters. The van der Waals surface area contributed by atoms with Gasteiger partial charge in [-0.05, 0) is 17.7 Å². The van der Waals surface area contributed by atoms with Gasteiger partial charge < -0.3 is 15.7 Å².